The molecule has 0 radical (unpaired) electrons. The van der Waals surface area contributed by atoms with Gasteiger partial charge in [-0.25, -0.2) is 0 Å². The van der Waals surface area contributed by atoms with Crippen LogP contribution in [0.15, 0.2) is 18.3 Å². The molecule has 0 aliphatic rings. The summed E-state index contributed by atoms with van der Waals surface area (Å²) < 4.78 is 2.40. The second-order valence-corrected chi connectivity index (χ2v) is 5.33. The van der Waals surface area contributed by atoms with Crippen LogP contribution >= 0.6 is 23.6 Å². The van der Waals surface area contributed by atoms with Crippen LogP contribution in [-0.2, 0) is 0 Å². The molecule has 0 spiro atoms. The molecule has 2 aromatic heterocycles. The van der Waals surface area contributed by atoms with Crippen molar-refractivity contribution in [2.45, 2.75) is 26.2 Å². The number of nitrogens with one attached hydrogen (secondary N) is 1. The smallest absolute Gasteiger partial charge is 0.215 e. The molecule has 0 bridgehead atoms. The van der Waals surface area contributed by atoms with E-state index in [9.17, 15) is 4.79 Å². The molecule has 0 atom stereocenters. The zero-order valence-corrected chi connectivity index (χ0v) is 11.1. The van der Waals surface area contributed by atoms with Crippen LogP contribution in [0.25, 0.3) is 5.13 Å². The van der Waals surface area contributed by atoms with Gasteiger partial charge in [-0.2, -0.15) is 0 Å². The first-order valence-corrected chi connectivity index (χ1v) is 6.71. The molecule has 0 fully saturated rings. The minimum absolute atomic E-state index is 0.151. The molecule has 0 aliphatic carbocycles. The van der Waals surface area contributed by atoms with Crippen molar-refractivity contribution < 1.29 is 4.79 Å². The van der Waals surface area contributed by atoms with E-state index in [1.54, 1.807) is 4.57 Å². The molecule has 2 heterocycles. The summed E-state index contributed by atoms with van der Waals surface area (Å²) in [6.45, 7) is 2.07. The van der Waals surface area contributed by atoms with Crippen molar-refractivity contribution in [1.82, 2.24) is 14.8 Å². The molecule has 4 nitrogen and oxygen atoms in total. The largest absolute Gasteiger partial charge is 0.293 e. The number of unbranched alkanes of at least 4 members (excludes halogenated alkanes) is 1. The first kappa shape index (κ1) is 12.2. The molecule has 0 aromatic carbocycles. The van der Waals surface area contributed by atoms with Crippen molar-refractivity contribution in [3.63, 3.8) is 0 Å². The molecule has 0 aliphatic heterocycles. The van der Waals surface area contributed by atoms with Gasteiger partial charge in [-0.3, -0.25) is 14.5 Å². The van der Waals surface area contributed by atoms with Crippen LogP contribution in [-0.4, -0.2) is 20.5 Å². The maximum absolute atomic E-state index is 12.0. The van der Waals surface area contributed by atoms with Crippen LogP contribution in [0.2, 0.25) is 0 Å². The molecule has 0 unspecified atom stereocenters. The van der Waals surface area contributed by atoms with Crippen molar-refractivity contribution in [3.8, 4) is 5.13 Å². The summed E-state index contributed by atoms with van der Waals surface area (Å²) in [5.74, 6) is 0.151. The number of rotatable bonds is 5. The summed E-state index contributed by atoms with van der Waals surface area (Å²) in [5, 5.41) is 7.51. The lowest BCUT2D eigenvalue weighted by Crippen LogP contribution is -2.06. The highest BCUT2D eigenvalue weighted by atomic mass is 32.1. The third-order valence-corrected chi connectivity index (χ3v) is 3.51. The Kier molecular flexibility index (Phi) is 3.86. The Bertz CT molecular complexity index is 567. The van der Waals surface area contributed by atoms with Crippen LogP contribution in [0.5, 0.6) is 0 Å². The summed E-state index contributed by atoms with van der Waals surface area (Å²) in [4.78, 5) is 12.0. The Morgan fingerprint density at radius 1 is 1.65 bits per heavy atom. The summed E-state index contributed by atoms with van der Waals surface area (Å²) in [6, 6.07) is 3.67. The average molecular weight is 267 g/mol. The van der Waals surface area contributed by atoms with Crippen molar-refractivity contribution in [1.29, 1.82) is 0 Å². The van der Waals surface area contributed by atoms with E-state index in [0.717, 1.165) is 12.8 Å². The van der Waals surface area contributed by atoms with Crippen LogP contribution in [0.4, 0.5) is 0 Å². The number of ketones is 1. The maximum atomic E-state index is 12.0. The Balaban J connectivity index is 2.28. The van der Waals surface area contributed by atoms with Crippen molar-refractivity contribution in [2.24, 2.45) is 0 Å². The summed E-state index contributed by atoms with van der Waals surface area (Å²) in [7, 11) is 0. The van der Waals surface area contributed by atoms with E-state index < -0.39 is 0 Å². The highest BCUT2D eigenvalue weighted by molar-refractivity contribution is 7.73. The first-order valence-electron chi connectivity index (χ1n) is 5.49. The van der Waals surface area contributed by atoms with Crippen LogP contribution in [0, 0.1) is 3.95 Å². The lowest BCUT2D eigenvalue weighted by Gasteiger charge is -2.03. The third-order valence-electron chi connectivity index (χ3n) is 2.42. The Morgan fingerprint density at radius 2 is 2.47 bits per heavy atom. The molecular weight excluding hydrogens is 254 g/mol. The molecule has 6 heteroatoms. The molecule has 1 N–H and O–H groups in total. The minimum atomic E-state index is 0.151. The zero-order chi connectivity index (χ0) is 12.3. The van der Waals surface area contributed by atoms with Gasteiger partial charge in [0.1, 0.15) is 0 Å². The van der Waals surface area contributed by atoms with E-state index in [2.05, 4.69) is 17.1 Å². The van der Waals surface area contributed by atoms with Gasteiger partial charge in [0.15, 0.2) is 9.74 Å². The third kappa shape index (κ3) is 2.70. The second kappa shape index (κ2) is 5.37. The number of H-pyrrole nitrogens is 1. The van der Waals surface area contributed by atoms with E-state index in [-0.39, 0.29) is 5.78 Å². The van der Waals surface area contributed by atoms with Gasteiger partial charge in [0.25, 0.3) is 0 Å². The standard InChI is InChI=1S/C11H13N3OS2/c1-2-3-6-9(15)8-5-4-7-14(8)10-12-13-11(16)17-10/h4-5,7H,2-3,6H2,1H3,(H,13,16). The summed E-state index contributed by atoms with van der Waals surface area (Å²) >= 11 is 6.35. The number of aromatic nitrogens is 3. The summed E-state index contributed by atoms with van der Waals surface area (Å²) in [5.41, 5.74) is 0.677. The van der Waals surface area contributed by atoms with E-state index in [1.165, 1.54) is 11.3 Å². The molecule has 2 aromatic rings. The molecule has 0 saturated heterocycles. The van der Waals surface area contributed by atoms with Gasteiger partial charge in [0.05, 0.1) is 5.69 Å². The summed E-state index contributed by atoms with van der Waals surface area (Å²) in [6.07, 6.45) is 4.35. The van der Waals surface area contributed by atoms with Crippen molar-refractivity contribution >= 4 is 29.3 Å². The molecule has 2 rings (SSSR count). The SMILES string of the molecule is CCCCC(=O)c1cccn1-c1n[nH]c(=S)s1. The van der Waals surface area contributed by atoms with E-state index in [0.29, 0.717) is 21.2 Å². The number of Topliss-reactive ketones (excluding diaryl/α,β-unsaturated/α-hetero) is 1. The predicted octanol–water partition coefficient (Wildman–Crippen LogP) is 3.36. The molecule has 17 heavy (non-hydrogen) atoms. The number of nitrogens with zero attached hydrogens (tertiary/aromatic N) is 2. The van der Waals surface area contributed by atoms with Gasteiger partial charge in [-0.05, 0) is 30.8 Å². The number of aromatic amines is 1. The van der Waals surface area contributed by atoms with E-state index in [1.807, 2.05) is 18.3 Å². The Hall–Kier alpha value is -1.27. The maximum Gasteiger partial charge on any atom is 0.215 e. The lowest BCUT2D eigenvalue weighted by atomic mass is 10.1. The van der Waals surface area contributed by atoms with Crippen LogP contribution in [0.3, 0.4) is 0 Å². The molecule has 90 valence electrons. The quantitative estimate of drug-likeness (QED) is 0.667. The van der Waals surface area contributed by atoms with Crippen LogP contribution in [0.1, 0.15) is 36.7 Å². The highest BCUT2D eigenvalue weighted by Crippen LogP contribution is 2.17. The van der Waals surface area contributed by atoms with Gasteiger partial charge in [0, 0.05) is 12.6 Å². The van der Waals surface area contributed by atoms with Gasteiger partial charge >= 0.3 is 0 Å². The highest BCUT2D eigenvalue weighted by Gasteiger charge is 2.13. The second-order valence-electron chi connectivity index (χ2n) is 3.69. The van der Waals surface area contributed by atoms with Gasteiger partial charge in [0.2, 0.25) is 5.13 Å². The fourth-order valence-corrected chi connectivity index (χ4v) is 2.44. The van der Waals surface area contributed by atoms with E-state index >= 15 is 0 Å². The normalized spacial score (nSPS) is 10.6. The van der Waals surface area contributed by atoms with E-state index in [4.69, 9.17) is 12.2 Å². The topological polar surface area (TPSA) is 50.7 Å². The van der Waals surface area contributed by atoms with Gasteiger partial charge in [-0.15, -0.1) is 5.10 Å². The predicted molar refractivity (Wildman–Crippen MR) is 70.5 cm³/mol. The fourth-order valence-electron chi connectivity index (χ4n) is 1.57. The molecule has 0 saturated carbocycles. The van der Waals surface area contributed by atoms with Crippen molar-refractivity contribution in [2.75, 3.05) is 0 Å². The monoisotopic (exact) mass is 267 g/mol. The minimum Gasteiger partial charge on any atom is -0.293 e. The van der Waals surface area contributed by atoms with Gasteiger partial charge in [-0.1, -0.05) is 24.7 Å². The Morgan fingerprint density at radius 3 is 3.12 bits per heavy atom. The fraction of sp³-hybridized carbons (Fsp3) is 0.364. The molecular formula is C11H13N3OS2. The average Bonchev–Trinajstić information content (AvgIpc) is 2.93. The van der Waals surface area contributed by atoms with Crippen molar-refractivity contribution in [3.05, 3.63) is 28.0 Å². The number of carbonyl (C=O) groups is 1. The zero-order valence-electron chi connectivity index (χ0n) is 9.47. The Labute approximate surface area is 108 Å². The number of carbonyl (C=O) groups excluding carboxylic acids is 1. The number of hydrogen-bond donors (Lipinski definition) is 1. The first-order chi connectivity index (χ1) is 8.22. The molecule has 0 amide bonds. The lowest BCUT2D eigenvalue weighted by molar-refractivity contribution is 0.0973. The number of hydrogen-bond acceptors (Lipinski definition) is 4. The van der Waals surface area contributed by atoms with Gasteiger partial charge < -0.3 is 0 Å². The van der Waals surface area contributed by atoms with Crippen LogP contribution < -0.4 is 0 Å².